The first kappa shape index (κ1) is 17.5. The summed E-state index contributed by atoms with van der Waals surface area (Å²) in [6.07, 6.45) is 1.48. The summed E-state index contributed by atoms with van der Waals surface area (Å²) >= 11 is 0. The van der Waals surface area contributed by atoms with Crippen molar-refractivity contribution in [2.75, 3.05) is 25.6 Å². The zero-order valence-corrected chi connectivity index (χ0v) is 13.0. The van der Waals surface area contributed by atoms with Crippen molar-refractivity contribution in [1.82, 2.24) is 9.88 Å². The number of nitrogens with zero attached hydrogens (tertiary/aromatic N) is 1. The van der Waals surface area contributed by atoms with E-state index in [2.05, 4.69) is 15.4 Å². The van der Waals surface area contributed by atoms with Crippen LogP contribution >= 0.6 is 12.4 Å². The number of carbonyl (C=O) groups is 2. The van der Waals surface area contributed by atoms with E-state index in [0.717, 1.165) is 0 Å². The predicted molar refractivity (Wildman–Crippen MR) is 79.8 cm³/mol. The molecule has 2 heterocycles. The van der Waals surface area contributed by atoms with Crippen LogP contribution in [0.2, 0.25) is 0 Å². The van der Waals surface area contributed by atoms with Gasteiger partial charge in [-0.15, -0.1) is 12.4 Å². The van der Waals surface area contributed by atoms with Crippen LogP contribution in [0.3, 0.4) is 0 Å². The zero-order chi connectivity index (χ0) is 14.7. The summed E-state index contributed by atoms with van der Waals surface area (Å²) in [7, 11) is 3.03. The van der Waals surface area contributed by atoms with E-state index in [1.165, 1.54) is 7.11 Å². The fourth-order valence-electron chi connectivity index (χ4n) is 2.19. The number of ether oxygens (including phenoxy) is 2. The molecule has 2 rings (SSSR count). The maximum atomic E-state index is 12.2. The Morgan fingerprint density at radius 2 is 2.24 bits per heavy atom. The van der Waals surface area contributed by atoms with Crippen LogP contribution in [0.4, 0.5) is 5.69 Å². The minimum absolute atomic E-state index is 0. The number of aryl methyl sites for hydroxylation is 1. The molecule has 1 aromatic heterocycles. The van der Waals surface area contributed by atoms with Crippen molar-refractivity contribution in [3.8, 4) is 0 Å². The quantitative estimate of drug-likeness (QED) is 0.796. The third-order valence-electron chi connectivity index (χ3n) is 3.27. The number of morpholine rings is 1. The van der Waals surface area contributed by atoms with Gasteiger partial charge in [0.05, 0.1) is 25.5 Å². The summed E-state index contributed by atoms with van der Waals surface area (Å²) in [5, 5.41) is 5.88. The molecule has 1 fully saturated rings. The van der Waals surface area contributed by atoms with Crippen molar-refractivity contribution in [2.24, 2.45) is 7.05 Å². The molecule has 0 radical (unpaired) electrons. The standard InChI is InChI=1S/C13H19N3O4.ClH/c1-8-11(14-4-5-20-8)12(17)15-9-6-10(13(18)19-3)16(2)7-9;/h6-8,11,14H,4-5H2,1-3H3,(H,15,17);1H/t8-,11+;/m1./s1. The lowest BCUT2D eigenvalue weighted by atomic mass is 10.1. The lowest BCUT2D eigenvalue weighted by molar-refractivity contribution is -0.123. The number of nitrogens with one attached hydrogen (secondary N) is 2. The number of esters is 1. The first-order valence-corrected chi connectivity index (χ1v) is 6.43. The van der Waals surface area contributed by atoms with Gasteiger partial charge in [-0.2, -0.15) is 0 Å². The number of carbonyl (C=O) groups excluding carboxylic acids is 2. The van der Waals surface area contributed by atoms with E-state index in [1.807, 2.05) is 6.92 Å². The SMILES string of the molecule is COC(=O)c1cc(NC(=O)[C@H]2NCCO[C@@H]2C)cn1C.Cl. The second kappa shape index (κ2) is 7.44. The molecule has 0 aliphatic carbocycles. The van der Waals surface area contributed by atoms with E-state index < -0.39 is 12.0 Å². The molecule has 0 spiro atoms. The van der Waals surface area contributed by atoms with Gasteiger partial charge in [-0.25, -0.2) is 4.79 Å². The Balaban J connectivity index is 0.00000220. The smallest absolute Gasteiger partial charge is 0.354 e. The van der Waals surface area contributed by atoms with Crippen LogP contribution in [-0.2, 0) is 21.3 Å². The molecule has 1 saturated heterocycles. The van der Waals surface area contributed by atoms with Crippen LogP contribution in [0.1, 0.15) is 17.4 Å². The summed E-state index contributed by atoms with van der Waals surface area (Å²) in [4.78, 5) is 23.7. The van der Waals surface area contributed by atoms with Crippen molar-refractivity contribution >= 4 is 30.0 Å². The highest BCUT2D eigenvalue weighted by Gasteiger charge is 2.28. The van der Waals surface area contributed by atoms with Crippen LogP contribution in [-0.4, -0.2) is 48.9 Å². The van der Waals surface area contributed by atoms with Crippen LogP contribution in [0.5, 0.6) is 0 Å². The second-order valence-electron chi connectivity index (χ2n) is 4.71. The molecule has 0 unspecified atom stereocenters. The normalized spacial score (nSPS) is 21.3. The van der Waals surface area contributed by atoms with Gasteiger partial charge < -0.3 is 24.7 Å². The van der Waals surface area contributed by atoms with E-state index >= 15 is 0 Å². The van der Waals surface area contributed by atoms with E-state index in [1.54, 1.807) is 23.9 Å². The van der Waals surface area contributed by atoms with Crippen molar-refractivity contribution in [3.05, 3.63) is 18.0 Å². The molecular formula is C13H20ClN3O4. The van der Waals surface area contributed by atoms with Gasteiger partial charge in [-0.3, -0.25) is 4.79 Å². The van der Waals surface area contributed by atoms with E-state index in [-0.39, 0.29) is 24.4 Å². The third-order valence-corrected chi connectivity index (χ3v) is 3.27. The lowest BCUT2D eigenvalue weighted by Crippen LogP contribution is -2.53. The topological polar surface area (TPSA) is 81.6 Å². The Labute approximate surface area is 129 Å². The lowest BCUT2D eigenvalue weighted by Gasteiger charge is -2.29. The highest BCUT2D eigenvalue weighted by molar-refractivity contribution is 5.97. The van der Waals surface area contributed by atoms with Gasteiger partial charge in [0.2, 0.25) is 5.91 Å². The summed E-state index contributed by atoms with van der Waals surface area (Å²) in [6.45, 7) is 3.09. The van der Waals surface area contributed by atoms with Crippen molar-refractivity contribution in [2.45, 2.75) is 19.1 Å². The molecule has 1 aliphatic rings. The number of amides is 1. The number of halogens is 1. The third kappa shape index (κ3) is 3.96. The Bertz CT molecular complexity index is 518. The molecular weight excluding hydrogens is 298 g/mol. The fraction of sp³-hybridized carbons (Fsp3) is 0.538. The summed E-state index contributed by atoms with van der Waals surface area (Å²) in [5.74, 6) is -0.625. The number of anilines is 1. The highest BCUT2D eigenvalue weighted by Crippen LogP contribution is 2.15. The van der Waals surface area contributed by atoms with E-state index in [9.17, 15) is 9.59 Å². The molecule has 21 heavy (non-hydrogen) atoms. The van der Waals surface area contributed by atoms with Gasteiger partial charge in [0.1, 0.15) is 11.7 Å². The van der Waals surface area contributed by atoms with Gasteiger partial charge in [-0.1, -0.05) is 0 Å². The number of aromatic nitrogens is 1. The fourth-order valence-corrected chi connectivity index (χ4v) is 2.19. The average Bonchev–Trinajstić information content (AvgIpc) is 2.79. The van der Waals surface area contributed by atoms with E-state index in [4.69, 9.17) is 4.74 Å². The largest absolute Gasteiger partial charge is 0.464 e. The maximum absolute atomic E-state index is 12.2. The molecule has 0 saturated carbocycles. The molecule has 0 bridgehead atoms. The number of hydrogen-bond donors (Lipinski definition) is 2. The number of hydrogen-bond acceptors (Lipinski definition) is 5. The molecule has 2 atom stereocenters. The molecule has 1 amide bonds. The van der Waals surface area contributed by atoms with Crippen LogP contribution in [0.15, 0.2) is 12.3 Å². The van der Waals surface area contributed by atoms with Gasteiger partial charge in [0, 0.05) is 19.8 Å². The van der Waals surface area contributed by atoms with Crippen LogP contribution in [0.25, 0.3) is 0 Å². The Hall–Kier alpha value is -1.57. The molecule has 8 heteroatoms. The van der Waals surface area contributed by atoms with Gasteiger partial charge in [-0.05, 0) is 13.0 Å². The maximum Gasteiger partial charge on any atom is 0.354 e. The molecule has 118 valence electrons. The summed E-state index contributed by atoms with van der Waals surface area (Å²) in [5.41, 5.74) is 0.932. The molecule has 1 aromatic rings. The predicted octanol–water partition coefficient (Wildman–Crippen LogP) is 0.549. The van der Waals surface area contributed by atoms with Gasteiger partial charge in [0.25, 0.3) is 0 Å². The number of rotatable bonds is 3. The molecule has 0 aromatic carbocycles. The van der Waals surface area contributed by atoms with Gasteiger partial charge in [0.15, 0.2) is 0 Å². The highest BCUT2D eigenvalue weighted by atomic mass is 35.5. The summed E-state index contributed by atoms with van der Waals surface area (Å²) in [6, 6.07) is 1.18. The van der Waals surface area contributed by atoms with Crippen molar-refractivity contribution in [3.63, 3.8) is 0 Å². The minimum Gasteiger partial charge on any atom is -0.464 e. The molecule has 1 aliphatic heterocycles. The van der Waals surface area contributed by atoms with Crippen molar-refractivity contribution in [1.29, 1.82) is 0 Å². The molecule has 2 N–H and O–H groups in total. The average molecular weight is 318 g/mol. The first-order valence-electron chi connectivity index (χ1n) is 6.43. The minimum atomic E-state index is -0.444. The van der Waals surface area contributed by atoms with E-state index in [0.29, 0.717) is 24.5 Å². The first-order chi connectivity index (χ1) is 9.52. The number of methoxy groups -OCH3 is 1. The second-order valence-corrected chi connectivity index (χ2v) is 4.71. The Kier molecular flexibility index (Phi) is 6.19. The van der Waals surface area contributed by atoms with Crippen LogP contribution < -0.4 is 10.6 Å². The Morgan fingerprint density at radius 3 is 2.86 bits per heavy atom. The van der Waals surface area contributed by atoms with Gasteiger partial charge >= 0.3 is 5.97 Å². The molecule has 7 nitrogen and oxygen atoms in total. The van der Waals surface area contributed by atoms with Crippen LogP contribution in [0, 0.1) is 0 Å². The monoisotopic (exact) mass is 317 g/mol. The summed E-state index contributed by atoms with van der Waals surface area (Å²) < 4.78 is 11.7. The zero-order valence-electron chi connectivity index (χ0n) is 12.2. The van der Waals surface area contributed by atoms with Crippen molar-refractivity contribution < 1.29 is 19.1 Å². The Morgan fingerprint density at radius 1 is 1.52 bits per heavy atom.